The first-order valence-corrected chi connectivity index (χ1v) is 14.0. The first-order valence-electron chi connectivity index (χ1n) is 14.0. The van der Waals surface area contributed by atoms with Crippen LogP contribution in [0.25, 0.3) is 61.4 Å². The van der Waals surface area contributed by atoms with Crippen LogP contribution < -0.4 is 0 Å². The molecule has 5 aromatic carbocycles. The summed E-state index contributed by atoms with van der Waals surface area (Å²) in [6.07, 6.45) is 0. The van der Waals surface area contributed by atoms with E-state index < -0.39 is 0 Å². The molecule has 0 bridgehead atoms. The van der Waals surface area contributed by atoms with Crippen molar-refractivity contribution in [1.29, 1.82) is 0 Å². The third-order valence-corrected chi connectivity index (χ3v) is 7.48. The van der Waals surface area contributed by atoms with Crippen LogP contribution in [0.15, 0.2) is 127 Å². The van der Waals surface area contributed by atoms with Gasteiger partial charge in [-0.1, -0.05) is 118 Å². The maximum atomic E-state index is 5.05. The molecule has 0 atom stereocenters. The van der Waals surface area contributed by atoms with Crippen molar-refractivity contribution in [2.24, 2.45) is 0 Å². The van der Waals surface area contributed by atoms with E-state index in [1.165, 1.54) is 21.9 Å². The van der Waals surface area contributed by atoms with Crippen molar-refractivity contribution >= 4 is 21.8 Å². The zero-order valence-corrected chi connectivity index (χ0v) is 23.4. The molecule has 0 unspecified atom stereocenters. The molecule has 7 rings (SSSR count). The van der Waals surface area contributed by atoms with Crippen LogP contribution in [0.4, 0.5) is 0 Å². The quantitative estimate of drug-likeness (QED) is 0.228. The molecule has 0 saturated carbocycles. The van der Waals surface area contributed by atoms with Gasteiger partial charge in [0, 0.05) is 33.0 Å². The number of nitrogens with zero attached hydrogens (tertiary/aromatic N) is 4. The fourth-order valence-corrected chi connectivity index (χ4v) is 5.40. The maximum absolute atomic E-state index is 5.05. The molecule has 41 heavy (non-hydrogen) atoms. The van der Waals surface area contributed by atoms with Crippen molar-refractivity contribution in [2.45, 2.75) is 26.2 Å². The van der Waals surface area contributed by atoms with Crippen LogP contribution in [0.1, 0.15) is 26.6 Å². The topological polar surface area (TPSA) is 43.6 Å². The molecule has 0 aliphatic rings. The first kappa shape index (κ1) is 24.9. The second kappa shape index (κ2) is 9.83. The summed E-state index contributed by atoms with van der Waals surface area (Å²) in [4.78, 5) is 15.0. The van der Waals surface area contributed by atoms with Crippen molar-refractivity contribution in [3.05, 3.63) is 133 Å². The molecule has 0 amide bonds. The van der Waals surface area contributed by atoms with E-state index in [0.29, 0.717) is 11.6 Å². The van der Waals surface area contributed by atoms with E-state index in [1.54, 1.807) is 0 Å². The molecular formula is C37H30N4. The Bertz CT molecular complexity index is 2020. The molecule has 0 aliphatic carbocycles. The van der Waals surface area contributed by atoms with E-state index in [1.807, 2.05) is 6.07 Å². The average Bonchev–Trinajstić information content (AvgIpc) is 3.35. The van der Waals surface area contributed by atoms with Gasteiger partial charge in [0.25, 0.3) is 0 Å². The van der Waals surface area contributed by atoms with Gasteiger partial charge in [-0.2, -0.15) is 0 Å². The van der Waals surface area contributed by atoms with Crippen LogP contribution in [0.3, 0.4) is 0 Å². The number of para-hydroxylation sites is 2. The van der Waals surface area contributed by atoms with Crippen LogP contribution in [-0.4, -0.2) is 19.5 Å². The summed E-state index contributed by atoms with van der Waals surface area (Å²) in [6, 6.07) is 44.5. The molecule has 0 spiro atoms. The molecule has 198 valence electrons. The average molecular weight is 531 g/mol. The number of benzene rings is 5. The summed E-state index contributed by atoms with van der Waals surface area (Å²) in [6.45, 7) is 6.44. The van der Waals surface area contributed by atoms with Gasteiger partial charge in [0.2, 0.25) is 0 Å². The molecule has 0 aliphatic heterocycles. The van der Waals surface area contributed by atoms with Crippen molar-refractivity contribution < 1.29 is 0 Å². The van der Waals surface area contributed by atoms with Gasteiger partial charge in [-0.3, -0.25) is 0 Å². The highest BCUT2D eigenvalue weighted by Crippen LogP contribution is 2.35. The van der Waals surface area contributed by atoms with Crippen LogP contribution >= 0.6 is 0 Å². The van der Waals surface area contributed by atoms with Crippen molar-refractivity contribution in [2.75, 3.05) is 0 Å². The van der Waals surface area contributed by atoms with Gasteiger partial charge in [-0.15, -0.1) is 0 Å². The van der Waals surface area contributed by atoms with E-state index in [9.17, 15) is 0 Å². The summed E-state index contributed by atoms with van der Waals surface area (Å²) < 4.78 is 2.32. The molecule has 0 N–H and O–H groups in total. The first-order chi connectivity index (χ1) is 20.0. The molecule has 2 aromatic heterocycles. The largest absolute Gasteiger partial charge is 0.309 e. The third kappa shape index (κ3) is 4.57. The molecule has 0 radical (unpaired) electrons. The summed E-state index contributed by atoms with van der Waals surface area (Å²) in [5.74, 6) is 2.13. The van der Waals surface area contributed by atoms with Gasteiger partial charge in [-0.05, 0) is 41.5 Å². The Morgan fingerprint density at radius 2 is 1.05 bits per heavy atom. The highest BCUT2D eigenvalue weighted by molar-refractivity contribution is 6.10. The second-order valence-electron chi connectivity index (χ2n) is 11.4. The van der Waals surface area contributed by atoms with Gasteiger partial charge in [-0.25, -0.2) is 15.0 Å². The highest BCUT2D eigenvalue weighted by atomic mass is 15.0. The number of hydrogen-bond acceptors (Lipinski definition) is 3. The number of fused-ring (bicyclic) bond motifs is 3. The van der Waals surface area contributed by atoms with Crippen LogP contribution in [0.5, 0.6) is 0 Å². The molecule has 0 fully saturated rings. The van der Waals surface area contributed by atoms with Gasteiger partial charge in [0.1, 0.15) is 5.82 Å². The Labute approximate surface area is 240 Å². The number of rotatable bonds is 4. The summed E-state index contributed by atoms with van der Waals surface area (Å²) in [5.41, 5.74) is 7.42. The highest BCUT2D eigenvalue weighted by Gasteiger charge is 2.22. The summed E-state index contributed by atoms with van der Waals surface area (Å²) in [5, 5.41) is 2.43. The summed E-state index contributed by atoms with van der Waals surface area (Å²) >= 11 is 0. The Hall–Kier alpha value is -5.09. The van der Waals surface area contributed by atoms with E-state index in [4.69, 9.17) is 15.0 Å². The predicted octanol–water partition coefficient (Wildman–Crippen LogP) is 9.27. The van der Waals surface area contributed by atoms with Crippen molar-refractivity contribution in [1.82, 2.24) is 19.5 Å². The van der Waals surface area contributed by atoms with Crippen LogP contribution in [0.2, 0.25) is 0 Å². The standard InChI is InChI=1S/C37H30N4/c1-37(2,3)36-39-34(27-16-12-15-26(23-27)25-13-6-4-7-14-25)38-35(40-36)28-21-22-31-30-19-10-11-20-32(30)41(33(31)24-28)29-17-8-5-9-18-29/h4-24H,1-3H3. The Morgan fingerprint density at radius 1 is 0.463 bits per heavy atom. The maximum Gasteiger partial charge on any atom is 0.163 e. The van der Waals surface area contributed by atoms with Crippen molar-refractivity contribution in [3.8, 4) is 39.6 Å². The Kier molecular flexibility index (Phi) is 5.97. The molecular weight excluding hydrogens is 500 g/mol. The minimum atomic E-state index is -0.244. The Morgan fingerprint density at radius 3 is 1.78 bits per heavy atom. The van der Waals surface area contributed by atoms with E-state index >= 15 is 0 Å². The fourth-order valence-electron chi connectivity index (χ4n) is 5.40. The molecule has 4 heteroatoms. The minimum Gasteiger partial charge on any atom is -0.309 e. The van der Waals surface area contributed by atoms with Gasteiger partial charge in [0.05, 0.1) is 11.0 Å². The van der Waals surface area contributed by atoms with E-state index in [-0.39, 0.29) is 5.41 Å². The van der Waals surface area contributed by atoms with Gasteiger partial charge in [0.15, 0.2) is 11.6 Å². The lowest BCUT2D eigenvalue weighted by atomic mass is 9.95. The predicted molar refractivity (Wildman–Crippen MR) is 169 cm³/mol. The lowest BCUT2D eigenvalue weighted by Crippen LogP contribution is -2.18. The van der Waals surface area contributed by atoms with Gasteiger partial charge >= 0.3 is 0 Å². The third-order valence-electron chi connectivity index (χ3n) is 7.48. The van der Waals surface area contributed by atoms with Gasteiger partial charge < -0.3 is 4.57 Å². The minimum absolute atomic E-state index is 0.244. The lowest BCUT2D eigenvalue weighted by molar-refractivity contribution is 0.543. The van der Waals surface area contributed by atoms with Crippen LogP contribution in [0, 0.1) is 0 Å². The zero-order chi connectivity index (χ0) is 28.0. The molecule has 7 aromatic rings. The lowest BCUT2D eigenvalue weighted by Gasteiger charge is -2.18. The molecule has 0 saturated heterocycles. The van der Waals surface area contributed by atoms with E-state index in [2.05, 4.69) is 147 Å². The van der Waals surface area contributed by atoms with Crippen molar-refractivity contribution in [3.63, 3.8) is 0 Å². The number of aromatic nitrogens is 4. The summed E-state index contributed by atoms with van der Waals surface area (Å²) in [7, 11) is 0. The fraction of sp³-hybridized carbons (Fsp3) is 0.108. The van der Waals surface area contributed by atoms with E-state index in [0.717, 1.165) is 33.7 Å². The molecule has 4 nitrogen and oxygen atoms in total. The second-order valence-corrected chi connectivity index (χ2v) is 11.4. The smallest absolute Gasteiger partial charge is 0.163 e. The molecule has 2 heterocycles. The van der Waals surface area contributed by atoms with Crippen LogP contribution in [-0.2, 0) is 5.41 Å². The monoisotopic (exact) mass is 530 g/mol. The SMILES string of the molecule is CC(C)(C)c1nc(-c2cccc(-c3ccccc3)c2)nc(-c2ccc3c4ccccc4n(-c4ccccc4)c3c2)n1. The number of hydrogen-bond donors (Lipinski definition) is 0. The zero-order valence-electron chi connectivity index (χ0n) is 23.4. The normalized spacial score (nSPS) is 11.8. The Balaban J connectivity index is 1.43.